The maximum atomic E-state index is 12.5. The average Bonchev–Trinajstić information content (AvgIpc) is 3.65. The molecule has 3 aromatic carbocycles. The van der Waals surface area contributed by atoms with Gasteiger partial charge in [-0.15, -0.1) is 5.10 Å². The summed E-state index contributed by atoms with van der Waals surface area (Å²) < 4.78 is 7.28. The van der Waals surface area contributed by atoms with Crippen LogP contribution in [0.2, 0.25) is 0 Å². The summed E-state index contributed by atoms with van der Waals surface area (Å²) in [4.78, 5) is 24.9. The largest absolute Gasteiger partial charge is 0.494 e. The number of nitrogens with one attached hydrogen (secondary N) is 3. The maximum Gasteiger partial charge on any atom is 0.255 e. The van der Waals surface area contributed by atoms with E-state index in [4.69, 9.17) is 4.74 Å². The van der Waals surface area contributed by atoms with E-state index >= 15 is 0 Å². The molecule has 3 N–H and O–H groups in total. The van der Waals surface area contributed by atoms with Crippen molar-refractivity contribution in [1.82, 2.24) is 20.2 Å². The number of aromatic nitrogens is 4. The third-order valence-electron chi connectivity index (χ3n) is 5.84. The van der Waals surface area contributed by atoms with Crippen molar-refractivity contribution >= 4 is 28.9 Å². The van der Waals surface area contributed by atoms with Crippen molar-refractivity contribution in [3.63, 3.8) is 0 Å². The molecule has 10 heteroatoms. The first-order valence-electron chi connectivity index (χ1n) is 12.2. The molecule has 5 rings (SSSR count). The Kier molecular flexibility index (Phi) is 7.07. The van der Waals surface area contributed by atoms with Crippen LogP contribution in [0.1, 0.15) is 36.2 Å². The van der Waals surface area contributed by atoms with Gasteiger partial charge in [0.05, 0.1) is 19.2 Å². The van der Waals surface area contributed by atoms with Crippen molar-refractivity contribution in [2.45, 2.75) is 25.8 Å². The SMILES string of the molecule is CCOc1ccc(NC(=O)c2ccc(NC(=O)CNc3ccc(-c4nnnn4C4CC4)cc3)cc2)cc1. The van der Waals surface area contributed by atoms with Crippen LogP contribution in [-0.2, 0) is 4.79 Å². The van der Waals surface area contributed by atoms with E-state index in [1.807, 2.05) is 35.9 Å². The number of rotatable bonds is 10. The summed E-state index contributed by atoms with van der Waals surface area (Å²) in [6.45, 7) is 2.60. The Bertz CT molecular complexity index is 1360. The second-order valence-corrected chi connectivity index (χ2v) is 8.65. The van der Waals surface area contributed by atoms with Crippen molar-refractivity contribution < 1.29 is 14.3 Å². The van der Waals surface area contributed by atoms with Crippen LogP contribution in [0, 0.1) is 0 Å². The highest BCUT2D eigenvalue weighted by Gasteiger charge is 2.28. The molecule has 1 aromatic heterocycles. The molecule has 188 valence electrons. The Balaban J connectivity index is 1.10. The third kappa shape index (κ3) is 6.10. The van der Waals surface area contributed by atoms with Crippen molar-refractivity contribution in [2.24, 2.45) is 0 Å². The van der Waals surface area contributed by atoms with Gasteiger partial charge in [0, 0.05) is 28.2 Å². The van der Waals surface area contributed by atoms with Gasteiger partial charge >= 0.3 is 0 Å². The first-order valence-corrected chi connectivity index (χ1v) is 12.2. The zero-order valence-corrected chi connectivity index (χ0v) is 20.3. The summed E-state index contributed by atoms with van der Waals surface area (Å²) in [7, 11) is 0. The van der Waals surface area contributed by atoms with Crippen molar-refractivity contribution in [1.29, 1.82) is 0 Å². The molecule has 37 heavy (non-hydrogen) atoms. The average molecular weight is 498 g/mol. The van der Waals surface area contributed by atoms with Crippen LogP contribution in [0.3, 0.4) is 0 Å². The lowest BCUT2D eigenvalue weighted by atomic mass is 10.2. The van der Waals surface area contributed by atoms with Gasteiger partial charge in [0.15, 0.2) is 5.82 Å². The monoisotopic (exact) mass is 497 g/mol. The summed E-state index contributed by atoms with van der Waals surface area (Å²) >= 11 is 0. The molecule has 1 heterocycles. The number of carbonyl (C=O) groups excluding carboxylic acids is 2. The van der Waals surface area contributed by atoms with Gasteiger partial charge in [-0.25, -0.2) is 4.68 Å². The van der Waals surface area contributed by atoms with Crippen LogP contribution in [-0.4, -0.2) is 45.2 Å². The number of hydrogen-bond donors (Lipinski definition) is 3. The van der Waals surface area contributed by atoms with E-state index in [9.17, 15) is 9.59 Å². The molecule has 2 amide bonds. The smallest absolute Gasteiger partial charge is 0.255 e. The topological polar surface area (TPSA) is 123 Å². The number of carbonyl (C=O) groups is 2. The molecule has 1 fully saturated rings. The fourth-order valence-corrected chi connectivity index (χ4v) is 3.78. The lowest BCUT2D eigenvalue weighted by Crippen LogP contribution is -2.21. The third-order valence-corrected chi connectivity index (χ3v) is 5.84. The van der Waals surface area contributed by atoms with Crippen molar-refractivity contribution in [2.75, 3.05) is 29.1 Å². The Hall–Kier alpha value is -4.73. The van der Waals surface area contributed by atoms with E-state index in [1.54, 1.807) is 48.5 Å². The predicted molar refractivity (Wildman–Crippen MR) is 141 cm³/mol. The zero-order chi connectivity index (χ0) is 25.6. The second kappa shape index (κ2) is 10.9. The molecule has 0 unspecified atom stereocenters. The number of anilines is 3. The van der Waals surface area contributed by atoms with E-state index in [2.05, 4.69) is 31.5 Å². The van der Waals surface area contributed by atoms with Crippen LogP contribution in [0.4, 0.5) is 17.1 Å². The molecular formula is C27H27N7O3. The normalized spacial score (nSPS) is 12.6. The minimum absolute atomic E-state index is 0.0964. The van der Waals surface area contributed by atoms with Crippen LogP contribution in [0.5, 0.6) is 5.75 Å². The number of amides is 2. The highest BCUT2D eigenvalue weighted by atomic mass is 16.5. The Labute approximate surface area is 214 Å². The highest BCUT2D eigenvalue weighted by molar-refractivity contribution is 6.04. The van der Waals surface area contributed by atoms with E-state index in [1.165, 1.54) is 0 Å². The molecule has 1 aliphatic carbocycles. The molecule has 1 saturated carbocycles. The fraction of sp³-hybridized carbons (Fsp3) is 0.222. The minimum atomic E-state index is -0.238. The van der Waals surface area contributed by atoms with E-state index < -0.39 is 0 Å². The quantitative estimate of drug-likeness (QED) is 0.297. The number of ether oxygens (including phenoxy) is 1. The van der Waals surface area contributed by atoms with E-state index in [0.717, 1.165) is 35.7 Å². The van der Waals surface area contributed by atoms with Crippen LogP contribution in [0.25, 0.3) is 11.4 Å². The number of nitrogens with zero attached hydrogens (tertiary/aromatic N) is 4. The standard InChI is InChI=1S/C27H27N7O3/c1-2-37-24-15-11-22(12-16-24)30-27(36)19-5-9-21(10-6-19)29-25(35)17-28-20-7-3-18(4-8-20)26-31-32-33-34(26)23-13-14-23/h3-12,15-16,23,28H,2,13-14,17H2,1H3,(H,29,35)(H,30,36). The van der Waals surface area contributed by atoms with E-state index in [-0.39, 0.29) is 18.4 Å². The van der Waals surface area contributed by atoms with Crippen LogP contribution < -0.4 is 20.7 Å². The molecule has 10 nitrogen and oxygen atoms in total. The van der Waals surface area contributed by atoms with Gasteiger partial charge in [0.1, 0.15) is 5.75 Å². The lowest BCUT2D eigenvalue weighted by molar-refractivity contribution is -0.114. The molecule has 0 radical (unpaired) electrons. The molecule has 0 bridgehead atoms. The van der Waals surface area contributed by atoms with Crippen LogP contribution in [0.15, 0.2) is 72.8 Å². The molecule has 0 atom stereocenters. The summed E-state index contributed by atoms with van der Waals surface area (Å²) in [5.41, 5.74) is 3.50. The Morgan fingerprint density at radius 2 is 1.54 bits per heavy atom. The van der Waals surface area contributed by atoms with Crippen molar-refractivity contribution in [3.8, 4) is 17.1 Å². The second-order valence-electron chi connectivity index (χ2n) is 8.65. The van der Waals surface area contributed by atoms with Gasteiger partial charge in [0.2, 0.25) is 5.91 Å². The summed E-state index contributed by atoms with van der Waals surface area (Å²) in [5, 5.41) is 20.8. The van der Waals surface area contributed by atoms with Gasteiger partial charge in [-0.1, -0.05) is 0 Å². The summed E-state index contributed by atoms with van der Waals surface area (Å²) in [5.74, 6) is 1.06. The molecular weight excluding hydrogens is 470 g/mol. The van der Waals surface area contributed by atoms with Gasteiger partial charge in [-0.05, 0) is 103 Å². The summed E-state index contributed by atoms with van der Waals surface area (Å²) in [6.07, 6.45) is 2.21. The maximum absolute atomic E-state index is 12.5. The van der Waals surface area contributed by atoms with Crippen molar-refractivity contribution in [3.05, 3.63) is 78.4 Å². The Morgan fingerprint density at radius 1 is 0.892 bits per heavy atom. The lowest BCUT2D eigenvalue weighted by Gasteiger charge is -2.10. The van der Waals surface area contributed by atoms with Gasteiger partial charge < -0.3 is 20.7 Å². The first kappa shape index (κ1) is 24.0. The molecule has 0 spiro atoms. The minimum Gasteiger partial charge on any atom is -0.494 e. The molecule has 1 aliphatic rings. The zero-order valence-electron chi connectivity index (χ0n) is 20.3. The van der Waals surface area contributed by atoms with Crippen LogP contribution >= 0.6 is 0 Å². The number of tetrazole rings is 1. The predicted octanol–water partition coefficient (Wildman–Crippen LogP) is 4.38. The molecule has 0 saturated heterocycles. The van der Waals surface area contributed by atoms with Gasteiger partial charge in [0.25, 0.3) is 5.91 Å². The molecule has 0 aliphatic heterocycles. The number of benzene rings is 3. The fourth-order valence-electron chi connectivity index (χ4n) is 3.78. The van der Waals surface area contributed by atoms with Gasteiger partial charge in [-0.3, -0.25) is 9.59 Å². The Morgan fingerprint density at radius 3 is 2.22 bits per heavy atom. The highest BCUT2D eigenvalue weighted by Crippen LogP contribution is 2.36. The van der Waals surface area contributed by atoms with Gasteiger partial charge in [-0.2, -0.15) is 0 Å². The first-order chi connectivity index (χ1) is 18.1. The summed E-state index contributed by atoms with van der Waals surface area (Å²) in [6, 6.07) is 22.0. The van der Waals surface area contributed by atoms with E-state index in [0.29, 0.717) is 29.6 Å². The number of hydrogen-bond acceptors (Lipinski definition) is 7. The molecule has 4 aromatic rings.